The van der Waals surface area contributed by atoms with Gasteiger partial charge in [-0.05, 0) is 0 Å². The van der Waals surface area contributed by atoms with E-state index in [1.54, 1.807) is 0 Å². The van der Waals surface area contributed by atoms with Crippen LogP contribution in [0, 0.1) is 0 Å². The van der Waals surface area contributed by atoms with Crippen LogP contribution in [0.15, 0.2) is 25.0 Å². The van der Waals surface area contributed by atoms with E-state index >= 15 is 0 Å². The molecule has 2 rings (SSSR count). The molecule has 2 heterocycles. The lowest BCUT2D eigenvalue weighted by Crippen LogP contribution is -2.55. The standard InChI is InChI=1S/C17H24N8O5S/c18-11(6-31)15(27)21-5-14(26)24-12(1-9-3-19-7-22-9)16(28)25-13(17(29)30)2-10-4-20-8-23-10/h3-4,7-8,11-13,31H,1-2,5-6,18H2,(H,19,22)(H,20,23)(H,21,27)(H,24,26)(H,25,28)(H,29,30). The van der Waals surface area contributed by atoms with Crippen molar-refractivity contribution in [3.05, 3.63) is 36.4 Å². The fraction of sp³-hybridized carbons (Fsp3) is 0.412. The molecule has 14 heteroatoms. The Hall–Kier alpha value is -3.39. The SMILES string of the molecule is NC(CS)C(=O)NCC(=O)NC(Cc1cnc[nH]1)C(=O)NC(Cc1cnc[nH]1)C(=O)O. The van der Waals surface area contributed by atoms with Crippen LogP contribution in [0.25, 0.3) is 0 Å². The number of nitrogens with two attached hydrogens (primary N) is 1. The van der Waals surface area contributed by atoms with Crippen LogP contribution in [0.3, 0.4) is 0 Å². The number of carboxylic acids is 1. The van der Waals surface area contributed by atoms with Crippen LogP contribution in [0.1, 0.15) is 11.4 Å². The first-order valence-corrected chi connectivity index (χ1v) is 9.84. The summed E-state index contributed by atoms with van der Waals surface area (Å²) in [5.41, 5.74) is 6.59. The molecule has 0 bridgehead atoms. The number of carbonyl (C=O) groups is 4. The monoisotopic (exact) mass is 452 g/mol. The molecule has 0 saturated heterocycles. The summed E-state index contributed by atoms with van der Waals surface area (Å²) in [5, 5.41) is 16.7. The highest BCUT2D eigenvalue weighted by Gasteiger charge is 2.28. The molecule has 0 aliphatic rings. The highest BCUT2D eigenvalue weighted by molar-refractivity contribution is 7.80. The average Bonchev–Trinajstić information content (AvgIpc) is 3.44. The van der Waals surface area contributed by atoms with Gasteiger partial charge in [-0.25, -0.2) is 14.8 Å². The molecule has 3 amide bonds. The second-order valence-corrected chi connectivity index (χ2v) is 6.95. The Morgan fingerprint density at radius 1 is 1.00 bits per heavy atom. The lowest BCUT2D eigenvalue weighted by Gasteiger charge is -2.21. The number of nitrogens with one attached hydrogen (secondary N) is 5. The molecule has 3 unspecified atom stereocenters. The van der Waals surface area contributed by atoms with Gasteiger partial charge in [-0.1, -0.05) is 0 Å². The summed E-state index contributed by atoms with van der Waals surface area (Å²) in [6.45, 7) is -0.413. The smallest absolute Gasteiger partial charge is 0.326 e. The lowest BCUT2D eigenvalue weighted by atomic mass is 10.1. The van der Waals surface area contributed by atoms with Crippen molar-refractivity contribution in [1.82, 2.24) is 35.9 Å². The minimum Gasteiger partial charge on any atom is -0.480 e. The van der Waals surface area contributed by atoms with Crippen molar-refractivity contribution in [3.8, 4) is 0 Å². The van der Waals surface area contributed by atoms with Crippen molar-refractivity contribution in [2.75, 3.05) is 12.3 Å². The number of carboxylic acid groups (broad SMARTS) is 1. The van der Waals surface area contributed by atoms with E-state index in [-0.39, 0.29) is 18.6 Å². The second kappa shape index (κ2) is 11.7. The average molecular weight is 452 g/mol. The molecule has 0 aliphatic carbocycles. The van der Waals surface area contributed by atoms with Gasteiger partial charge < -0.3 is 36.8 Å². The lowest BCUT2D eigenvalue weighted by molar-refractivity contribution is -0.142. The summed E-state index contributed by atoms with van der Waals surface area (Å²) in [4.78, 5) is 61.6. The zero-order valence-corrected chi connectivity index (χ0v) is 17.3. The Labute approximate surface area is 182 Å². The van der Waals surface area contributed by atoms with E-state index in [1.807, 2.05) is 0 Å². The Balaban J connectivity index is 2.03. The molecule has 0 spiro atoms. The minimum atomic E-state index is -1.25. The maximum atomic E-state index is 12.8. The van der Waals surface area contributed by atoms with Gasteiger partial charge in [0.15, 0.2) is 0 Å². The summed E-state index contributed by atoms with van der Waals surface area (Å²) in [6.07, 6.45) is 5.72. The summed E-state index contributed by atoms with van der Waals surface area (Å²) < 4.78 is 0. The number of aliphatic carboxylic acids is 1. The Morgan fingerprint density at radius 2 is 1.58 bits per heavy atom. The summed E-state index contributed by atoms with van der Waals surface area (Å²) in [5.74, 6) is -3.08. The number of hydrogen-bond acceptors (Lipinski definition) is 8. The largest absolute Gasteiger partial charge is 0.480 e. The van der Waals surface area contributed by atoms with Crippen molar-refractivity contribution in [1.29, 1.82) is 0 Å². The Bertz CT molecular complexity index is 873. The fourth-order valence-corrected chi connectivity index (χ4v) is 2.71. The van der Waals surface area contributed by atoms with E-state index in [4.69, 9.17) is 5.73 Å². The van der Waals surface area contributed by atoms with Crippen LogP contribution in [0.4, 0.5) is 0 Å². The molecule has 168 valence electrons. The highest BCUT2D eigenvalue weighted by atomic mass is 32.1. The number of H-pyrrole nitrogens is 2. The first-order chi connectivity index (χ1) is 14.8. The van der Waals surface area contributed by atoms with E-state index < -0.39 is 48.4 Å². The third kappa shape index (κ3) is 7.75. The molecule has 3 atom stereocenters. The molecule has 0 fully saturated rings. The summed E-state index contributed by atoms with van der Waals surface area (Å²) in [6, 6.07) is -3.24. The molecule has 2 aromatic rings. The molecular formula is C17H24N8O5S. The number of imidazole rings is 2. The van der Waals surface area contributed by atoms with Crippen molar-refractivity contribution in [2.24, 2.45) is 5.73 Å². The van der Waals surface area contributed by atoms with Crippen LogP contribution in [-0.2, 0) is 32.0 Å². The van der Waals surface area contributed by atoms with Crippen LogP contribution in [0.2, 0.25) is 0 Å². The number of hydrogen-bond donors (Lipinski definition) is 8. The topological polar surface area (TPSA) is 208 Å². The first kappa shape index (κ1) is 23.9. The third-order valence-corrected chi connectivity index (χ3v) is 4.57. The van der Waals surface area contributed by atoms with Crippen LogP contribution < -0.4 is 21.7 Å². The molecule has 0 radical (unpaired) electrons. The predicted octanol–water partition coefficient (Wildman–Crippen LogP) is -2.65. The summed E-state index contributed by atoms with van der Waals surface area (Å²) >= 11 is 3.91. The molecular weight excluding hydrogens is 428 g/mol. The zero-order valence-electron chi connectivity index (χ0n) is 16.4. The van der Waals surface area contributed by atoms with Gasteiger partial charge in [-0.3, -0.25) is 14.4 Å². The van der Waals surface area contributed by atoms with Gasteiger partial charge in [-0.15, -0.1) is 0 Å². The van der Waals surface area contributed by atoms with Crippen LogP contribution in [-0.4, -0.2) is 79.2 Å². The van der Waals surface area contributed by atoms with Gasteiger partial charge in [0.25, 0.3) is 0 Å². The van der Waals surface area contributed by atoms with E-state index in [2.05, 4.69) is 48.5 Å². The van der Waals surface area contributed by atoms with Gasteiger partial charge in [0, 0.05) is 42.4 Å². The fourth-order valence-electron chi connectivity index (χ4n) is 2.54. The molecule has 31 heavy (non-hydrogen) atoms. The van der Waals surface area contributed by atoms with E-state index in [9.17, 15) is 24.3 Å². The highest BCUT2D eigenvalue weighted by Crippen LogP contribution is 2.03. The number of thiol groups is 1. The first-order valence-electron chi connectivity index (χ1n) is 9.21. The van der Waals surface area contributed by atoms with Crippen LogP contribution in [0.5, 0.6) is 0 Å². The van der Waals surface area contributed by atoms with E-state index in [0.29, 0.717) is 11.4 Å². The molecule has 0 aliphatic heterocycles. The predicted molar refractivity (Wildman–Crippen MR) is 111 cm³/mol. The third-order valence-electron chi connectivity index (χ3n) is 4.18. The number of amides is 3. The van der Waals surface area contributed by atoms with Gasteiger partial charge in [0.05, 0.1) is 25.2 Å². The maximum absolute atomic E-state index is 12.8. The Kier molecular flexibility index (Phi) is 9.02. The van der Waals surface area contributed by atoms with Gasteiger partial charge >= 0.3 is 5.97 Å². The normalized spacial score (nSPS) is 13.6. The van der Waals surface area contributed by atoms with Crippen LogP contribution >= 0.6 is 12.6 Å². The molecule has 8 N–H and O–H groups in total. The van der Waals surface area contributed by atoms with Gasteiger partial charge in [-0.2, -0.15) is 12.6 Å². The van der Waals surface area contributed by atoms with Crippen molar-refractivity contribution < 1.29 is 24.3 Å². The number of aromatic nitrogens is 4. The van der Waals surface area contributed by atoms with Crippen molar-refractivity contribution >= 4 is 36.3 Å². The molecule has 13 nitrogen and oxygen atoms in total. The van der Waals surface area contributed by atoms with E-state index in [1.165, 1.54) is 25.0 Å². The van der Waals surface area contributed by atoms with Crippen molar-refractivity contribution in [2.45, 2.75) is 31.0 Å². The summed E-state index contributed by atoms with van der Waals surface area (Å²) in [7, 11) is 0. The minimum absolute atomic E-state index is 0.0243. The zero-order chi connectivity index (χ0) is 22.8. The van der Waals surface area contributed by atoms with E-state index in [0.717, 1.165) is 0 Å². The molecule has 2 aromatic heterocycles. The molecule has 0 aromatic carbocycles. The Morgan fingerprint density at radius 3 is 2.06 bits per heavy atom. The number of rotatable bonds is 12. The number of carbonyl (C=O) groups excluding carboxylic acids is 3. The van der Waals surface area contributed by atoms with Gasteiger partial charge in [0.2, 0.25) is 17.7 Å². The number of nitrogens with zero attached hydrogens (tertiary/aromatic N) is 2. The van der Waals surface area contributed by atoms with Gasteiger partial charge in [0.1, 0.15) is 12.1 Å². The second-order valence-electron chi connectivity index (χ2n) is 6.59. The quantitative estimate of drug-likeness (QED) is 0.159. The number of aromatic amines is 2. The van der Waals surface area contributed by atoms with Crippen molar-refractivity contribution in [3.63, 3.8) is 0 Å². The molecule has 0 saturated carbocycles. The maximum Gasteiger partial charge on any atom is 0.326 e.